The van der Waals surface area contributed by atoms with E-state index in [-0.39, 0.29) is 22.8 Å². The monoisotopic (exact) mass is 409 g/mol. The number of rotatable bonds is 5. The fourth-order valence-corrected chi connectivity index (χ4v) is 4.57. The molecule has 28 heavy (non-hydrogen) atoms. The van der Waals surface area contributed by atoms with Gasteiger partial charge in [-0.1, -0.05) is 23.9 Å². The van der Waals surface area contributed by atoms with E-state index < -0.39 is 4.92 Å². The zero-order valence-electron chi connectivity index (χ0n) is 14.1. The van der Waals surface area contributed by atoms with Gasteiger partial charge in [-0.05, 0) is 18.2 Å². The van der Waals surface area contributed by atoms with E-state index in [2.05, 4.69) is 15.0 Å². The highest BCUT2D eigenvalue weighted by molar-refractivity contribution is 8.01. The van der Waals surface area contributed by atoms with Crippen LogP contribution in [-0.2, 0) is 0 Å². The first-order valence-corrected chi connectivity index (χ1v) is 9.80. The molecule has 2 heterocycles. The molecule has 138 valence electrons. The van der Waals surface area contributed by atoms with E-state index in [1.165, 1.54) is 35.2 Å². The average Bonchev–Trinajstić information content (AvgIpc) is 3.29. The maximum absolute atomic E-state index is 10.9. The summed E-state index contributed by atoms with van der Waals surface area (Å²) in [5.41, 5.74) is 2.21. The van der Waals surface area contributed by atoms with Gasteiger partial charge in [0, 0.05) is 12.1 Å². The van der Waals surface area contributed by atoms with Crippen molar-refractivity contribution in [3.63, 3.8) is 0 Å². The SMILES string of the molecule is N#C/C(=C(/O)CSc1nc2ccc([N+](=O)[O-])cc2s1)c1nc2ccccc2[nH]1. The number of aliphatic hydroxyl groups is 1. The molecule has 10 heteroatoms. The van der Waals surface area contributed by atoms with Crippen molar-refractivity contribution in [3.05, 3.63) is 64.2 Å². The lowest BCUT2D eigenvalue weighted by atomic mass is 10.2. The highest BCUT2D eigenvalue weighted by atomic mass is 32.2. The molecule has 0 saturated heterocycles. The second-order valence-electron chi connectivity index (χ2n) is 5.71. The highest BCUT2D eigenvalue weighted by Crippen LogP contribution is 2.33. The van der Waals surface area contributed by atoms with Gasteiger partial charge in [-0.25, -0.2) is 9.97 Å². The number of nitrogens with zero attached hydrogens (tertiary/aromatic N) is 4. The molecule has 0 aliphatic rings. The van der Waals surface area contributed by atoms with Crippen LogP contribution in [0.1, 0.15) is 5.82 Å². The molecule has 0 fully saturated rings. The standard InChI is InChI=1S/C18H11N5O3S2/c19-8-11(17-20-12-3-1-2-4-13(12)21-17)15(24)9-27-18-22-14-6-5-10(23(25)26)7-16(14)28-18/h1-7,24H,9H2,(H,20,21)/b15-11-. The molecule has 0 saturated carbocycles. The molecule has 0 spiro atoms. The second kappa shape index (κ2) is 7.30. The van der Waals surface area contributed by atoms with Crippen molar-refractivity contribution < 1.29 is 10.0 Å². The molecule has 8 nitrogen and oxygen atoms in total. The number of hydrogen-bond donors (Lipinski definition) is 2. The van der Waals surface area contributed by atoms with E-state index in [0.717, 1.165) is 5.52 Å². The number of H-pyrrole nitrogens is 1. The molecule has 0 aliphatic heterocycles. The number of para-hydroxylation sites is 2. The van der Waals surface area contributed by atoms with Crippen LogP contribution in [0, 0.1) is 21.4 Å². The van der Waals surface area contributed by atoms with Gasteiger partial charge in [0.25, 0.3) is 5.69 Å². The summed E-state index contributed by atoms with van der Waals surface area (Å²) in [6.07, 6.45) is 0. The number of thioether (sulfide) groups is 1. The number of aromatic nitrogens is 3. The number of nitro benzene ring substituents is 1. The molecule has 4 aromatic rings. The Labute approximate surface area is 166 Å². The van der Waals surface area contributed by atoms with Crippen LogP contribution in [0.15, 0.2) is 52.6 Å². The number of nitro groups is 1. The molecule has 2 aromatic carbocycles. The van der Waals surface area contributed by atoms with Crippen molar-refractivity contribution in [2.75, 3.05) is 5.75 Å². The van der Waals surface area contributed by atoms with Crippen molar-refractivity contribution >= 4 is 55.6 Å². The summed E-state index contributed by atoms with van der Waals surface area (Å²) in [5, 5.41) is 30.7. The lowest BCUT2D eigenvalue weighted by molar-refractivity contribution is -0.384. The fourth-order valence-electron chi connectivity index (χ4n) is 2.60. The minimum atomic E-state index is -0.451. The Morgan fingerprint density at radius 1 is 1.29 bits per heavy atom. The lowest BCUT2D eigenvalue weighted by Gasteiger charge is -2.00. The van der Waals surface area contributed by atoms with E-state index in [4.69, 9.17) is 0 Å². The van der Waals surface area contributed by atoms with Crippen molar-refractivity contribution in [2.45, 2.75) is 4.34 Å². The number of thiazole rings is 1. The molecular weight excluding hydrogens is 398 g/mol. The summed E-state index contributed by atoms with van der Waals surface area (Å²) in [4.78, 5) is 22.2. The summed E-state index contributed by atoms with van der Waals surface area (Å²) in [6.45, 7) is 0. The predicted molar refractivity (Wildman–Crippen MR) is 108 cm³/mol. The number of aromatic amines is 1. The topological polar surface area (TPSA) is 129 Å². The minimum absolute atomic E-state index is 0.00657. The van der Waals surface area contributed by atoms with Gasteiger partial charge in [0.15, 0.2) is 10.2 Å². The number of nitrogens with one attached hydrogen (secondary N) is 1. The number of nitriles is 1. The van der Waals surface area contributed by atoms with E-state index in [9.17, 15) is 20.5 Å². The first-order valence-electron chi connectivity index (χ1n) is 8.00. The Morgan fingerprint density at radius 3 is 2.86 bits per heavy atom. The predicted octanol–water partition coefficient (Wildman–Crippen LogP) is 4.67. The number of aliphatic hydroxyl groups excluding tert-OH is 1. The van der Waals surface area contributed by atoms with Crippen LogP contribution >= 0.6 is 23.1 Å². The molecule has 0 unspecified atom stereocenters. The number of allylic oxidation sites excluding steroid dienone is 1. The molecule has 4 rings (SSSR count). The summed E-state index contributed by atoms with van der Waals surface area (Å²) in [6, 6.07) is 13.8. The summed E-state index contributed by atoms with van der Waals surface area (Å²) < 4.78 is 1.34. The number of hydrogen-bond acceptors (Lipinski definition) is 8. The van der Waals surface area contributed by atoms with Crippen molar-refractivity contribution in [1.29, 1.82) is 5.26 Å². The Morgan fingerprint density at radius 2 is 2.11 bits per heavy atom. The van der Waals surface area contributed by atoms with Crippen LogP contribution in [0.3, 0.4) is 0 Å². The molecule has 2 aromatic heterocycles. The molecule has 0 amide bonds. The van der Waals surface area contributed by atoms with Crippen LogP contribution in [0.4, 0.5) is 5.69 Å². The summed E-state index contributed by atoms with van der Waals surface area (Å²) >= 11 is 2.55. The first kappa shape index (κ1) is 18.0. The van der Waals surface area contributed by atoms with E-state index in [1.807, 2.05) is 30.3 Å². The van der Waals surface area contributed by atoms with E-state index >= 15 is 0 Å². The Kier molecular flexibility index (Phi) is 4.68. The normalized spacial score (nSPS) is 12.1. The Balaban J connectivity index is 1.58. The smallest absolute Gasteiger partial charge is 0.270 e. The number of imidazole rings is 1. The van der Waals surface area contributed by atoms with Crippen LogP contribution < -0.4 is 0 Å². The zero-order chi connectivity index (χ0) is 19.7. The molecule has 0 radical (unpaired) electrons. The number of benzene rings is 2. The van der Waals surface area contributed by atoms with Crippen molar-refractivity contribution in [2.24, 2.45) is 0 Å². The number of non-ortho nitro benzene ring substituents is 1. The average molecular weight is 409 g/mol. The van der Waals surface area contributed by atoms with Gasteiger partial charge < -0.3 is 10.1 Å². The number of fused-ring (bicyclic) bond motifs is 2. The van der Waals surface area contributed by atoms with Crippen LogP contribution in [0.2, 0.25) is 0 Å². The highest BCUT2D eigenvalue weighted by Gasteiger charge is 2.15. The van der Waals surface area contributed by atoms with Gasteiger partial charge in [-0.15, -0.1) is 11.3 Å². The van der Waals surface area contributed by atoms with Gasteiger partial charge in [0.05, 0.1) is 31.9 Å². The van der Waals surface area contributed by atoms with Crippen molar-refractivity contribution in [3.8, 4) is 6.07 Å². The molecule has 0 atom stereocenters. The molecule has 0 aliphatic carbocycles. The summed E-state index contributed by atoms with van der Waals surface area (Å²) in [7, 11) is 0. The minimum Gasteiger partial charge on any atom is -0.510 e. The Hall–Kier alpha value is -3.42. The van der Waals surface area contributed by atoms with Gasteiger partial charge in [-0.3, -0.25) is 10.1 Å². The van der Waals surface area contributed by atoms with Crippen LogP contribution in [0.5, 0.6) is 0 Å². The van der Waals surface area contributed by atoms with Crippen molar-refractivity contribution in [1.82, 2.24) is 15.0 Å². The first-order chi connectivity index (χ1) is 13.5. The summed E-state index contributed by atoms with van der Waals surface area (Å²) in [5.74, 6) is 0.320. The fraction of sp³-hybridized carbons (Fsp3) is 0.0556. The van der Waals surface area contributed by atoms with Gasteiger partial charge in [0.1, 0.15) is 17.4 Å². The van der Waals surface area contributed by atoms with Gasteiger partial charge in [-0.2, -0.15) is 5.26 Å². The van der Waals surface area contributed by atoms with E-state index in [1.54, 1.807) is 6.07 Å². The third-order valence-corrected chi connectivity index (χ3v) is 6.09. The largest absolute Gasteiger partial charge is 0.510 e. The maximum Gasteiger partial charge on any atom is 0.270 e. The molecule has 0 bridgehead atoms. The third kappa shape index (κ3) is 3.40. The second-order valence-corrected chi connectivity index (χ2v) is 7.97. The quantitative estimate of drug-likeness (QED) is 0.161. The van der Waals surface area contributed by atoms with Crippen LogP contribution in [-0.4, -0.2) is 30.7 Å². The maximum atomic E-state index is 10.9. The van der Waals surface area contributed by atoms with Gasteiger partial charge >= 0.3 is 0 Å². The third-order valence-electron chi connectivity index (χ3n) is 3.92. The van der Waals surface area contributed by atoms with E-state index in [0.29, 0.717) is 25.9 Å². The Bertz CT molecular complexity index is 1250. The van der Waals surface area contributed by atoms with Crippen LogP contribution in [0.25, 0.3) is 26.8 Å². The molecule has 2 N–H and O–H groups in total. The van der Waals surface area contributed by atoms with Gasteiger partial charge in [0.2, 0.25) is 0 Å². The zero-order valence-corrected chi connectivity index (χ0v) is 15.8. The molecular formula is C18H11N5O3S2. The lowest BCUT2D eigenvalue weighted by Crippen LogP contribution is -1.95.